The molecule has 0 saturated heterocycles. The van der Waals surface area contributed by atoms with Crippen LogP contribution in [0.2, 0.25) is 0 Å². The highest BCUT2D eigenvalue weighted by Gasteiger charge is 2.11. The van der Waals surface area contributed by atoms with Crippen molar-refractivity contribution in [1.82, 2.24) is 9.97 Å². The van der Waals surface area contributed by atoms with E-state index in [2.05, 4.69) is 9.97 Å². The molecule has 1 atom stereocenters. The Hall–Kier alpha value is -1.11. The van der Waals surface area contributed by atoms with E-state index < -0.39 is 12.0 Å². The number of nitrogens with one attached hydrogen (secondary N) is 1. The van der Waals surface area contributed by atoms with Crippen molar-refractivity contribution >= 4 is 18.4 Å². The number of rotatable bonds is 3. The summed E-state index contributed by atoms with van der Waals surface area (Å²) in [6.07, 6.45) is 3.34. The van der Waals surface area contributed by atoms with E-state index in [1.165, 1.54) is 6.33 Å². The molecule has 1 heterocycles. The SMILES string of the molecule is Cl.N[C@@H](Cc1cn[13cH][nH]1)C(=O)O.O. The molecule has 0 aromatic carbocycles. The van der Waals surface area contributed by atoms with Gasteiger partial charge in [0, 0.05) is 18.3 Å². The van der Waals surface area contributed by atoms with Crippen LogP contribution >= 0.6 is 12.4 Å². The van der Waals surface area contributed by atoms with Gasteiger partial charge in [0.1, 0.15) is 6.04 Å². The van der Waals surface area contributed by atoms with Gasteiger partial charge in [-0.15, -0.1) is 12.4 Å². The van der Waals surface area contributed by atoms with Gasteiger partial charge in [0.15, 0.2) is 0 Å². The molecule has 7 heteroatoms. The number of carboxylic acids is 1. The standard InChI is InChI=1S/C6H9N3O2.ClH.H2O/c7-5(6(10)11)1-4-2-8-3-9-4;;/h2-3,5H,1,7H2,(H,8,9)(H,10,11);1H;1H2/t5-;;/m0../s1/i3+1;;. The van der Waals surface area contributed by atoms with Crippen LogP contribution in [-0.4, -0.2) is 32.6 Å². The average molecular weight is 211 g/mol. The highest BCUT2D eigenvalue weighted by atomic mass is 35.5. The van der Waals surface area contributed by atoms with Crippen molar-refractivity contribution < 1.29 is 15.4 Å². The number of hydrogen-bond acceptors (Lipinski definition) is 3. The first kappa shape index (κ1) is 14.4. The molecule has 0 radical (unpaired) electrons. The molecule has 0 aliphatic carbocycles. The summed E-state index contributed by atoms with van der Waals surface area (Å²) < 4.78 is 0. The molecular formula is C6H12ClN3O3. The molecule has 0 amide bonds. The number of hydrogen-bond donors (Lipinski definition) is 3. The van der Waals surface area contributed by atoms with Gasteiger partial charge in [0.05, 0.1) is 6.33 Å². The molecule has 1 rings (SSSR count). The first-order valence-corrected chi connectivity index (χ1v) is 3.16. The summed E-state index contributed by atoms with van der Waals surface area (Å²) in [6.45, 7) is 0. The van der Waals surface area contributed by atoms with Crippen LogP contribution in [0.5, 0.6) is 0 Å². The third kappa shape index (κ3) is 4.46. The lowest BCUT2D eigenvalue weighted by atomic mass is 10.2. The topological polar surface area (TPSA) is 124 Å². The Morgan fingerprint density at radius 1 is 1.77 bits per heavy atom. The van der Waals surface area contributed by atoms with E-state index in [9.17, 15) is 4.79 Å². The summed E-state index contributed by atoms with van der Waals surface area (Å²) in [6, 6.07) is -0.851. The van der Waals surface area contributed by atoms with Crippen molar-refractivity contribution in [3.8, 4) is 0 Å². The van der Waals surface area contributed by atoms with Gasteiger partial charge in [-0.1, -0.05) is 0 Å². The summed E-state index contributed by atoms with van der Waals surface area (Å²) in [5.74, 6) is -1.00. The molecule has 0 spiro atoms. The van der Waals surface area contributed by atoms with Crippen LogP contribution in [0.15, 0.2) is 12.5 Å². The van der Waals surface area contributed by atoms with Crippen LogP contribution in [-0.2, 0) is 11.2 Å². The Morgan fingerprint density at radius 2 is 2.38 bits per heavy atom. The molecule has 6 N–H and O–H groups in total. The molecule has 76 valence electrons. The normalized spacial score (nSPS) is 10.8. The second kappa shape index (κ2) is 6.41. The molecule has 0 aliphatic rings. The Balaban J connectivity index is 0. The summed E-state index contributed by atoms with van der Waals surface area (Å²) in [4.78, 5) is 16.8. The van der Waals surface area contributed by atoms with Crippen LogP contribution < -0.4 is 5.73 Å². The maximum absolute atomic E-state index is 10.3. The van der Waals surface area contributed by atoms with Crippen molar-refractivity contribution in [2.45, 2.75) is 12.5 Å². The largest absolute Gasteiger partial charge is 0.480 e. The molecule has 1 aromatic heterocycles. The number of nitrogens with zero attached hydrogens (tertiary/aromatic N) is 1. The van der Waals surface area contributed by atoms with Crippen molar-refractivity contribution in [3.05, 3.63) is 18.2 Å². The van der Waals surface area contributed by atoms with E-state index in [-0.39, 0.29) is 24.3 Å². The quantitative estimate of drug-likeness (QED) is 0.590. The third-order valence-electron chi connectivity index (χ3n) is 1.31. The minimum absolute atomic E-state index is 0. The first-order chi connectivity index (χ1) is 5.20. The lowest BCUT2D eigenvalue weighted by Gasteiger charge is -2.02. The maximum Gasteiger partial charge on any atom is 0.320 e. The predicted molar refractivity (Wildman–Crippen MR) is 48.8 cm³/mol. The van der Waals surface area contributed by atoms with Crippen LogP contribution in [0, 0.1) is 0 Å². The van der Waals surface area contributed by atoms with Gasteiger partial charge in [0.2, 0.25) is 0 Å². The fraction of sp³-hybridized carbons (Fsp3) is 0.333. The molecule has 0 saturated carbocycles. The number of halogens is 1. The monoisotopic (exact) mass is 210 g/mol. The molecule has 0 fully saturated rings. The molecule has 0 aliphatic heterocycles. The van der Waals surface area contributed by atoms with E-state index in [0.29, 0.717) is 0 Å². The van der Waals surface area contributed by atoms with E-state index in [1.807, 2.05) is 0 Å². The second-order valence-electron chi connectivity index (χ2n) is 2.23. The highest BCUT2D eigenvalue weighted by Crippen LogP contribution is 1.95. The fourth-order valence-corrected chi connectivity index (χ4v) is 0.721. The molecule has 1 aromatic rings. The predicted octanol–water partition coefficient (Wildman–Crippen LogP) is -1.04. The number of carboxylic acid groups (broad SMARTS) is 1. The zero-order chi connectivity index (χ0) is 8.27. The molecule has 13 heavy (non-hydrogen) atoms. The third-order valence-corrected chi connectivity index (χ3v) is 1.31. The number of aromatic amines is 1. The maximum atomic E-state index is 10.3. The molecular weight excluding hydrogens is 199 g/mol. The van der Waals surface area contributed by atoms with Crippen LogP contribution in [0.25, 0.3) is 0 Å². The van der Waals surface area contributed by atoms with E-state index in [4.69, 9.17) is 10.8 Å². The minimum atomic E-state index is -1.00. The molecule has 0 unspecified atom stereocenters. The number of aromatic nitrogens is 2. The molecule has 6 nitrogen and oxygen atoms in total. The highest BCUT2D eigenvalue weighted by molar-refractivity contribution is 5.85. The number of aliphatic carboxylic acids is 1. The Labute approximate surface area is 80.9 Å². The lowest BCUT2D eigenvalue weighted by molar-refractivity contribution is -0.138. The average Bonchev–Trinajstić information content (AvgIpc) is 2.39. The summed E-state index contributed by atoms with van der Waals surface area (Å²) in [5, 5.41) is 8.42. The van der Waals surface area contributed by atoms with E-state index in [1.54, 1.807) is 6.20 Å². The smallest absolute Gasteiger partial charge is 0.320 e. The minimum Gasteiger partial charge on any atom is -0.480 e. The van der Waals surface area contributed by atoms with Crippen molar-refractivity contribution in [2.24, 2.45) is 5.73 Å². The summed E-state index contributed by atoms with van der Waals surface area (Å²) in [5.41, 5.74) is 6.00. The fourth-order valence-electron chi connectivity index (χ4n) is 0.721. The van der Waals surface area contributed by atoms with E-state index in [0.717, 1.165) is 5.69 Å². The van der Waals surface area contributed by atoms with Crippen molar-refractivity contribution in [3.63, 3.8) is 0 Å². The van der Waals surface area contributed by atoms with Crippen LogP contribution in [0.3, 0.4) is 0 Å². The second-order valence-corrected chi connectivity index (χ2v) is 2.23. The van der Waals surface area contributed by atoms with Gasteiger partial charge in [-0.3, -0.25) is 4.79 Å². The Kier molecular flexibility index (Phi) is 7.11. The van der Waals surface area contributed by atoms with Gasteiger partial charge in [-0.25, -0.2) is 4.98 Å². The number of nitrogens with two attached hydrogens (primary N) is 1. The van der Waals surface area contributed by atoms with Crippen molar-refractivity contribution in [2.75, 3.05) is 0 Å². The Bertz CT molecular complexity index is 239. The summed E-state index contributed by atoms with van der Waals surface area (Å²) >= 11 is 0. The molecule has 0 bridgehead atoms. The van der Waals surface area contributed by atoms with Gasteiger partial charge < -0.3 is 21.3 Å². The Morgan fingerprint density at radius 3 is 2.77 bits per heavy atom. The van der Waals surface area contributed by atoms with Gasteiger partial charge in [0.25, 0.3) is 0 Å². The number of imidazole rings is 1. The number of H-pyrrole nitrogens is 1. The lowest BCUT2D eigenvalue weighted by Crippen LogP contribution is -2.32. The van der Waals surface area contributed by atoms with Crippen LogP contribution in [0.1, 0.15) is 5.69 Å². The van der Waals surface area contributed by atoms with Crippen molar-refractivity contribution in [1.29, 1.82) is 0 Å². The first-order valence-electron chi connectivity index (χ1n) is 3.16. The van der Waals surface area contributed by atoms with Gasteiger partial charge >= 0.3 is 5.97 Å². The van der Waals surface area contributed by atoms with Gasteiger partial charge in [-0.2, -0.15) is 0 Å². The number of carbonyl (C=O) groups is 1. The zero-order valence-corrected chi connectivity index (χ0v) is 7.54. The summed E-state index contributed by atoms with van der Waals surface area (Å²) in [7, 11) is 0. The van der Waals surface area contributed by atoms with Crippen LogP contribution in [0.4, 0.5) is 0 Å². The van der Waals surface area contributed by atoms with E-state index >= 15 is 0 Å². The zero-order valence-electron chi connectivity index (χ0n) is 6.73. The van der Waals surface area contributed by atoms with Gasteiger partial charge in [-0.05, 0) is 0 Å².